The van der Waals surface area contributed by atoms with Crippen LogP contribution in [0.15, 0.2) is 73.3 Å². The van der Waals surface area contributed by atoms with Crippen molar-refractivity contribution in [2.45, 2.75) is 25.3 Å². The highest BCUT2D eigenvalue weighted by atomic mass is 15.1. The highest BCUT2D eigenvalue weighted by Crippen LogP contribution is 2.50. The third kappa shape index (κ3) is 2.26. The van der Waals surface area contributed by atoms with E-state index in [0.717, 1.165) is 0 Å². The Hall–Kier alpha value is -3.06. The lowest BCUT2D eigenvalue weighted by atomic mass is 9.80. The quantitative estimate of drug-likeness (QED) is 0.482. The number of rotatable bonds is 2. The van der Waals surface area contributed by atoms with Gasteiger partial charge in [-0.05, 0) is 51.1 Å². The molecule has 1 nitrogen and oxygen atoms in total. The van der Waals surface area contributed by atoms with Crippen LogP contribution < -0.4 is 4.90 Å². The number of hydrogen-bond donors (Lipinski definition) is 0. The summed E-state index contributed by atoms with van der Waals surface area (Å²) in [5.41, 5.74) is 10.6. The van der Waals surface area contributed by atoms with Crippen molar-refractivity contribution >= 4 is 17.8 Å². The number of benzene rings is 3. The summed E-state index contributed by atoms with van der Waals surface area (Å²) >= 11 is 0. The van der Waals surface area contributed by atoms with Gasteiger partial charge in [0, 0.05) is 18.2 Å². The van der Waals surface area contributed by atoms with E-state index in [4.69, 9.17) is 0 Å². The molecule has 0 amide bonds. The van der Waals surface area contributed by atoms with Crippen molar-refractivity contribution < 1.29 is 0 Å². The lowest BCUT2D eigenvalue weighted by Gasteiger charge is -2.34. The average Bonchev–Trinajstić information content (AvgIpc) is 2.95. The van der Waals surface area contributed by atoms with Crippen LogP contribution in [0.25, 0.3) is 23.3 Å². The van der Waals surface area contributed by atoms with E-state index in [0.29, 0.717) is 0 Å². The zero-order valence-electron chi connectivity index (χ0n) is 16.7. The fraction of sp³-hybridized carbons (Fsp3) is 0.185. The standard InChI is InChI=1S/C27H25N/c1-5-18-16-22-20-11-7-8-12-23(20)27(2,3)24(22)17-21(18)26-15-14-19-10-6-9-13-25(19)28(26)4/h5-17,26H,1H2,2-4H3. The minimum absolute atomic E-state index is 0.00916. The number of para-hydroxylation sites is 1. The average molecular weight is 364 g/mol. The largest absolute Gasteiger partial charge is 0.364 e. The van der Waals surface area contributed by atoms with E-state index in [2.05, 4.69) is 105 Å². The number of anilines is 1. The second-order valence-electron chi connectivity index (χ2n) is 8.38. The molecule has 1 unspecified atom stereocenters. The molecule has 2 aliphatic rings. The summed E-state index contributed by atoms with van der Waals surface area (Å²) in [5.74, 6) is 0. The molecular weight excluding hydrogens is 338 g/mol. The van der Waals surface area contributed by atoms with Gasteiger partial charge < -0.3 is 4.90 Å². The maximum absolute atomic E-state index is 4.13. The van der Waals surface area contributed by atoms with Crippen molar-refractivity contribution in [3.8, 4) is 11.1 Å². The minimum atomic E-state index is 0.00916. The topological polar surface area (TPSA) is 3.24 Å². The third-order valence-corrected chi connectivity index (χ3v) is 6.52. The molecule has 0 fully saturated rings. The van der Waals surface area contributed by atoms with Crippen LogP contribution in [0, 0.1) is 0 Å². The molecule has 0 N–H and O–H groups in total. The van der Waals surface area contributed by atoms with Gasteiger partial charge in [-0.1, -0.05) is 87.2 Å². The molecular formula is C27H25N. The summed E-state index contributed by atoms with van der Waals surface area (Å²) in [5, 5.41) is 0. The number of fused-ring (bicyclic) bond motifs is 4. The molecule has 1 aliphatic heterocycles. The number of hydrogen-bond acceptors (Lipinski definition) is 1. The first-order chi connectivity index (χ1) is 13.5. The first-order valence-corrected chi connectivity index (χ1v) is 9.93. The Bertz CT molecular complexity index is 1130. The van der Waals surface area contributed by atoms with Crippen LogP contribution in [-0.4, -0.2) is 7.05 Å². The molecule has 0 radical (unpaired) electrons. The predicted molar refractivity (Wildman–Crippen MR) is 121 cm³/mol. The minimum Gasteiger partial charge on any atom is -0.364 e. The molecule has 1 atom stereocenters. The van der Waals surface area contributed by atoms with Crippen LogP contribution in [0.2, 0.25) is 0 Å². The lowest BCUT2D eigenvalue weighted by Crippen LogP contribution is -2.26. The lowest BCUT2D eigenvalue weighted by molar-refractivity contribution is 0.657. The molecule has 1 aliphatic carbocycles. The van der Waals surface area contributed by atoms with Crippen molar-refractivity contribution in [3.63, 3.8) is 0 Å². The summed E-state index contributed by atoms with van der Waals surface area (Å²) in [6.45, 7) is 8.81. The second kappa shape index (κ2) is 5.97. The van der Waals surface area contributed by atoms with Gasteiger partial charge in [-0.3, -0.25) is 0 Å². The Balaban J connectivity index is 1.70. The fourth-order valence-electron chi connectivity index (χ4n) is 4.95. The molecule has 3 aromatic rings. The third-order valence-electron chi connectivity index (χ3n) is 6.52. The van der Waals surface area contributed by atoms with Gasteiger partial charge in [0.2, 0.25) is 0 Å². The van der Waals surface area contributed by atoms with E-state index in [9.17, 15) is 0 Å². The van der Waals surface area contributed by atoms with Crippen molar-refractivity contribution in [1.29, 1.82) is 0 Å². The zero-order valence-corrected chi connectivity index (χ0v) is 16.7. The van der Waals surface area contributed by atoms with Gasteiger partial charge in [0.1, 0.15) is 0 Å². The maximum Gasteiger partial charge on any atom is 0.0732 e. The number of nitrogens with zero attached hydrogens (tertiary/aromatic N) is 1. The van der Waals surface area contributed by atoms with Crippen molar-refractivity contribution in [3.05, 3.63) is 101 Å². The number of likely N-dealkylation sites (N-methyl/N-ethyl adjacent to an activating group) is 1. The van der Waals surface area contributed by atoms with Gasteiger partial charge in [0.05, 0.1) is 6.04 Å². The van der Waals surface area contributed by atoms with Gasteiger partial charge in [-0.2, -0.15) is 0 Å². The molecule has 1 heteroatoms. The summed E-state index contributed by atoms with van der Waals surface area (Å²) in [7, 11) is 2.19. The van der Waals surface area contributed by atoms with Crippen molar-refractivity contribution in [1.82, 2.24) is 0 Å². The van der Waals surface area contributed by atoms with E-state index in [-0.39, 0.29) is 11.5 Å². The summed E-state index contributed by atoms with van der Waals surface area (Å²) < 4.78 is 0. The van der Waals surface area contributed by atoms with Crippen LogP contribution in [0.3, 0.4) is 0 Å². The molecule has 0 saturated carbocycles. The van der Waals surface area contributed by atoms with Crippen molar-refractivity contribution in [2.24, 2.45) is 0 Å². The molecule has 0 aromatic heterocycles. The van der Waals surface area contributed by atoms with Crippen LogP contribution in [0.1, 0.15) is 47.7 Å². The Morgan fingerprint density at radius 2 is 1.68 bits per heavy atom. The van der Waals surface area contributed by atoms with E-state index >= 15 is 0 Å². The molecule has 0 spiro atoms. The monoisotopic (exact) mass is 363 g/mol. The zero-order chi connectivity index (χ0) is 19.5. The fourth-order valence-corrected chi connectivity index (χ4v) is 4.95. The Morgan fingerprint density at radius 3 is 2.50 bits per heavy atom. The van der Waals surface area contributed by atoms with Crippen LogP contribution in [0.4, 0.5) is 5.69 Å². The van der Waals surface area contributed by atoms with E-state index < -0.39 is 0 Å². The van der Waals surface area contributed by atoms with E-state index in [1.807, 2.05) is 6.08 Å². The van der Waals surface area contributed by atoms with Gasteiger partial charge in [0.25, 0.3) is 0 Å². The van der Waals surface area contributed by atoms with Crippen LogP contribution in [0.5, 0.6) is 0 Å². The molecule has 28 heavy (non-hydrogen) atoms. The Labute approximate surface area is 167 Å². The van der Waals surface area contributed by atoms with Crippen LogP contribution in [-0.2, 0) is 5.41 Å². The highest BCUT2D eigenvalue weighted by molar-refractivity contribution is 5.84. The molecule has 1 heterocycles. The Morgan fingerprint density at radius 1 is 0.929 bits per heavy atom. The molecule has 0 saturated heterocycles. The van der Waals surface area contributed by atoms with E-state index in [1.54, 1.807) is 0 Å². The predicted octanol–water partition coefficient (Wildman–Crippen LogP) is 6.84. The first kappa shape index (κ1) is 17.1. The molecule has 3 aromatic carbocycles. The smallest absolute Gasteiger partial charge is 0.0732 e. The normalized spacial score (nSPS) is 18.4. The molecule has 5 rings (SSSR count). The highest BCUT2D eigenvalue weighted by Gasteiger charge is 2.36. The van der Waals surface area contributed by atoms with Crippen molar-refractivity contribution in [2.75, 3.05) is 11.9 Å². The maximum atomic E-state index is 4.13. The van der Waals surface area contributed by atoms with Gasteiger partial charge in [-0.15, -0.1) is 0 Å². The second-order valence-corrected chi connectivity index (χ2v) is 8.38. The molecule has 0 bridgehead atoms. The summed E-state index contributed by atoms with van der Waals surface area (Å²) in [4.78, 5) is 2.37. The first-order valence-electron chi connectivity index (χ1n) is 9.93. The SMILES string of the molecule is C=Cc1cc2c(cc1C1C=Cc3ccccc3N1C)C(C)(C)c1ccccc1-2. The summed E-state index contributed by atoms with van der Waals surface area (Å²) in [6, 6.07) is 22.4. The van der Waals surface area contributed by atoms with Gasteiger partial charge in [-0.25, -0.2) is 0 Å². The van der Waals surface area contributed by atoms with E-state index in [1.165, 1.54) is 44.6 Å². The Kier molecular flexibility index (Phi) is 3.64. The molecule has 138 valence electrons. The van der Waals surface area contributed by atoms with Crippen LogP contribution >= 0.6 is 0 Å². The van der Waals surface area contributed by atoms with Gasteiger partial charge in [0.15, 0.2) is 0 Å². The summed E-state index contributed by atoms with van der Waals surface area (Å²) in [6.07, 6.45) is 6.57. The van der Waals surface area contributed by atoms with Gasteiger partial charge >= 0.3 is 0 Å².